The Hall–Kier alpha value is -2.58. The molecular formula is C28H39N3O4S. The van der Waals surface area contributed by atoms with E-state index in [9.17, 15) is 9.00 Å². The molecule has 2 atom stereocenters. The molecule has 2 aromatic rings. The Labute approximate surface area is 217 Å². The van der Waals surface area contributed by atoms with Gasteiger partial charge in [-0.2, -0.15) is 0 Å². The van der Waals surface area contributed by atoms with Crippen molar-refractivity contribution in [1.82, 2.24) is 9.80 Å². The van der Waals surface area contributed by atoms with Crippen LogP contribution in [0.1, 0.15) is 45.4 Å². The van der Waals surface area contributed by atoms with E-state index >= 15 is 0 Å². The van der Waals surface area contributed by atoms with Crippen molar-refractivity contribution in [3.63, 3.8) is 0 Å². The summed E-state index contributed by atoms with van der Waals surface area (Å²) in [6.45, 7) is 6.89. The predicted octanol–water partition coefficient (Wildman–Crippen LogP) is 4.49. The lowest BCUT2D eigenvalue weighted by atomic mass is 9.99. The Kier molecular flexibility index (Phi) is 9.64. The maximum absolute atomic E-state index is 13.0. The lowest BCUT2D eigenvalue weighted by molar-refractivity contribution is -0.137. The van der Waals surface area contributed by atoms with Gasteiger partial charge in [0.2, 0.25) is 0 Å². The van der Waals surface area contributed by atoms with E-state index < -0.39 is 11.0 Å². The Morgan fingerprint density at radius 2 is 1.58 bits per heavy atom. The van der Waals surface area contributed by atoms with E-state index in [2.05, 4.69) is 4.90 Å². The highest BCUT2D eigenvalue weighted by atomic mass is 32.2. The number of hydrogen-bond donors (Lipinski definition) is 0. The first kappa shape index (κ1) is 26.5. The van der Waals surface area contributed by atoms with Crippen LogP contribution in [0.4, 0.5) is 5.69 Å². The number of amides is 1. The smallest absolute Gasteiger partial charge is 0.260 e. The first-order chi connectivity index (χ1) is 17.5. The number of nitrogens with zero attached hydrogens (tertiary/aromatic N) is 3. The van der Waals surface area contributed by atoms with Gasteiger partial charge in [-0.3, -0.25) is 9.10 Å². The fourth-order valence-electron chi connectivity index (χ4n) is 5.02. The van der Waals surface area contributed by atoms with Crippen molar-refractivity contribution >= 4 is 22.6 Å². The topological polar surface area (TPSA) is 62.3 Å². The van der Waals surface area contributed by atoms with Gasteiger partial charge in [0, 0.05) is 31.9 Å². The minimum atomic E-state index is -1.35. The SMILES string of the molecule is CCOc1ccc(S(=O)N(C)c2ccc(OCC(=O)N3CCCCC3CCN3CCCC3)cc2)cc1. The summed E-state index contributed by atoms with van der Waals surface area (Å²) in [5.41, 5.74) is 0.805. The summed E-state index contributed by atoms with van der Waals surface area (Å²) >= 11 is 0. The summed E-state index contributed by atoms with van der Waals surface area (Å²) in [5.74, 6) is 1.47. The molecular weight excluding hydrogens is 474 g/mol. The van der Waals surface area contributed by atoms with Gasteiger partial charge in [-0.25, -0.2) is 4.21 Å². The van der Waals surface area contributed by atoms with Gasteiger partial charge in [-0.05, 0) is 107 Å². The molecule has 2 aliphatic rings. The van der Waals surface area contributed by atoms with Crippen LogP contribution in [-0.4, -0.2) is 72.4 Å². The van der Waals surface area contributed by atoms with Crippen LogP contribution < -0.4 is 13.8 Å². The third-order valence-corrected chi connectivity index (χ3v) is 8.46. The van der Waals surface area contributed by atoms with Gasteiger partial charge in [0.1, 0.15) is 11.5 Å². The van der Waals surface area contributed by atoms with Crippen molar-refractivity contribution in [2.45, 2.75) is 56.4 Å². The highest BCUT2D eigenvalue weighted by Gasteiger charge is 2.27. The molecule has 4 rings (SSSR count). The third-order valence-electron chi connectivity index (χ3n) is 7.07. The van der Waals surface area contributed by atoms with Crippen LogP contribution in [0.15, 0.2) is 53.4 Å². The molecule has 0 bridgehead atoms. The molecule has 2 fully saturated rings. The van der Waals surface area contributed by atoms with Crippen molar-refractivity contribution in [3.05, 3.63) is 48.5 Å². The average Bonchev–Trinajstić information content (AvgIpc) is 3.45. The molecule has 7 nitrogen and oxygen atoms in total. The molecule has 0 aliphatic carbocycles. The van der Waals surface area contributed by atoms with Crippen LogP contribution in [0.3, 0.4) is 0 Å². The van der Waals surface area contributed by atoms with E-state index in [1.54, 1.807) is 11.4 Å². The third kappa shape index (κ3) is 7.01. The van der Waals surface area contributed by atoms with Crippen LogP contribution in [0.5, 0.6) is 11.5 Å². The predicted molar refractivity (Wildman–Crippen MR) is 144 cm³/mol. The number of likely N-dealkylation sites (tertiary alicyclic amines) is 2. The average molecular weight is 514 g/mol. The number of hydrogen-bond acceptors (Lipinski definition) is 5. The molecule has 2 saturated heterocycles. The Bertz CT molecular complexity index is 993. The molecule has 2 heterocycles. The van der Waals surface area contributed by atoms with E-state index in [0.717, 1.165) is 43.8 Å². The maximum atomic E-state index is 13.0. The van der Waals surface area contributed by atoms with Crippen LogP contribution in [0.2, 0.25) is 0 Å². The zero-order valence-electron chi connectivity index (χ0n) is 21.6. The van der Waals surface area contributed by atoms with Crippen molar-refractivity contribution in [3.8, 4) is 11.5 Å². The number of rotatable bonds is 11. The summed E-state index contributed by atoms with van der Waals surface area (Å²) in [6, 6.07) is 15.0. The monoisotopic (exact) mass is 513 g/mol. The van der Waals surface area contributed by atoms with Gasteiger partial charge >= 0.3 is 0 Å². The van der Waals surface area contributed by atoms with E-state index in [4.69, 9.17) is 9.47 Å². The summed E-state index contributed by atoms with van der Waals surface area (Å²) in [4.78, 5) is 18.3. The van der Waals surface area contributed by atoms with E-state index in [-0.39, 0.29) is 12.5 Å². The minimum Gasteiger partial charge on any atom is -0.494 e. The van der Waals surface area contributed by atoms with Gasteiger partial charge in [0.05, 0.1) is 11.5 Å². The van der Waals surface area contributed by atoms with E-state index in [1.807, 2.05) is 60.4 Å². The number of ether oxygens (including phenoxy) is 2. The second kappa shape index (κ2) is 13.1. The molecule has 0 saturated carbocycles. The summed E-state index contributed by atoms with van der Waals surface area (Å²) in [7, 11) is 0.449. The quantitative estimate of drug-likeness (QED) is 0.443. The first-order valence-corrected chi connectivity index (χ1v) is 14.3. The van der Waals surface area contributed by atoms with Gasteiger partial charge in [-0.1, -0.05) is 0 Å². The molecule has 0 aromatic heterocycles. The van der Waals surface area contributed by atoms with Gasteiger partial charge in [0.15, 0.2) is 17.6 Å². The van der Waals surface area contributed by atoms with Gasteiger partial charge < -0.3 is 19.3 Å². The Morgan fingerprint density at radius 3 is 2.28 bits per heavy atom. The molecule has 2 aromatic carbocycles. The Morgan fingerprint density at radius 1 is 0.944 bits per heavy atom. The molecule has 0 radical (unpaired) electrons. The second-order valence-electron chi connectivity index (χ2n) is 9.51. The van der Waals surface area contributed by atoms with Crippen LogP contribution in [0, 0.1) is 0 Å². The summed E-state index contributed by atoms with van der Waals surface area (Å²) in [6.07, 6.45) is 7.01. The van der Waals surface area contributed by atoms with E-state index in [0.29, 0.717) is 23.3 Å². The molecule has 196 valence electrons. The lowest BCUT2D eigenvalue weighted by Gasteiger charge is -2.36. The zero-order chi connectivity index (χ0) is 25.3. The van der Waals surface area contributed by atoms with Crippen molar-refractivity contribution in [2.24, 2.45) is 0 Å². The lowest BCUT2D eigenvalue weighted by Crippen LogP contribution is -2.47. The second-order valence-corrected chi connectivity index (χ2v) is 11.0. The van der Waals surface area contributed by atoms with E-state index in [1.165, 1.54) is 32.4 Å². The standard InChI is InChI=1S/C28H39N3O4S/c1-3-34-25-13-15-27(16-14-25)36(33)29(2)23-9-11-26(12-10-23)35-22-28(32)31-20-5-4-8-24(31)17-21-30-18-6-7-19-30/h9-16,24H,3-8,17-22H2,1-2H3. The fraction of sp³-hybridized carbons (Fsp3) is 0.536. The maximum Gasteiger partial charge on any atom is 0.260 e. The number of anilines is 1. The van der Waals surface area contributed by atoms with Crippen LogP contribution in [0.25, 0.3) is 0 Å². The zero-order valence-corrected chi connectivity index (χ0v) is 22.4. The minimum absolute atomic E-state index is 0.0491. The molecule has 2 unspecified atom stereocenters. The first-order valence-electron chi connectivity index (χ1n) is 13.2. The summed E-state index contributed by atoms with van der Waals surface area (Å²) in [5, 5.41) is 0. The molecule has 36 heavy (non-hydrogen) atoms. The number of carbonyl (C=O) groups excluding carboxylic acids is 1. The summed E-state index contributed by atoms with van der Waals surface area (Å²) < 4.78 is 26.0. The number of piperidine rings is 1. The fourth-order valence-corrected chi connectivity index (χ4v) is 6.02. The van der Waals surface area contributed by atoms with Crippen molar-refractivity contribution in [2.75, 3.05) is 50.7 Å². The Balaban J connectivity index is 1.28. The van der Waals surface area contributed by atoms with Gasteiger partial charge in [-0.15, -0.1) is 0 Å². The largest absolute Gasteiger partial charge is 0.494 e. The van der Waals surface area contributed by atoms with Gasteiger partial charge in [0.25, 0.3) is 5.91 Å². The number of carbonyl (C=O) groups is 1. The molecule has 0 spiro atoms. The van der Waals surface area contributed by atoms with Crippen molar-refractivity contribution in [1.29, 1.82) is 0 Å². The molecule has 2 aliphatic heterocycles. The highest BCUT2D eigenvalue weighted by Crippen LogP contribution is 2.25. The van der Waals surface area contributed by atoms with Crippen LogP contribution >= 0.6 is 0 Å². The van der Waals surface area contributed by atoms with Crippen molar-refractivity contribution < 1.29 is 18.5 Å². The normalized spacial score (nSPS) is 19.2. The number of benzene rings is 2. The highest BCUT2D eigenvalue weighted by molar-refractivity contribution is 7.86. The molecule has 1 amide bonds. The van der Waals surface area contributed by atoms with Crippen LogP contribution in [-0.2, 0) is 15.8 Å². The molecule has 8 heteroatoms. The molecule has 0 N–H and O–H groups in total.